The van der Waals surface area contributed by atoms with Gasteiger partial charge in [-0.05, 0) is 0 Å². The van der Waals surface area contributed by atoms with Gasteiger partial charge in [0, 0.05) is 0 Å². The molecule has 0 saturated heterocycles. The van der Waals surface area contributed by atoms with Crippen LogP contribution < -0.4 is 4.48 Å². The van der Waals surface area contributed by atoms with Crippen LogP contribution in [0.2, 0.25) is 0 Å². The monoisotopic (exact) mass is 828 g/mol. The molecule has 2 aromatic heterocycles. The van der Waals surface area contributed by atoms with Gasteiger partial charge in [-0.1, -0.05) is 0 Å². The second-order valence-electron chi connectivity index (χ2n) is 14.6. The van der Waals surface area contributed by atoms with E-state index >= 15 is 0 Å². The van der Waals surface area contributed by atoms with Crippen LogP contribution in [0.4, 0.5) is 0 Å². The van der Waals surface area contributed by atoms with Crippen molar-refractivity contribution >= 4 is 37.4 Å². The number of rotatable bonds is 13. The Hall–Kier alpha value is -6.88. The van der Waals surface area contributed by atoms with Crippen molar-refractivity contribution in [3.05, 3.63) is 263 Å². The Kier molecular flexibility index (Phi) is 10.6. The van der Waals surface area contributed by atoms with Gasteiger partial charge in [0.1, 0.15) is 0 Å². The average molecular weight is 829 g/mol. The summed E-state index contributed by atoms with van der Waals surface area (Å²) in [5.74, 6) is -1.41. The second kappa shape index (κ2) is 16.5. The molecule has 59 heavy (non-hydrogen) atoms. The molecule has 9 rings (SSSR count). The molecular weight excluding hydrogens is 788 g/mol. The van der Waals surface area contributed by atoms with E-state index in [1.54, 1.807) is 0 Å². The van der Waals surface area contributed by atoms with Gasteiger partial charge < -0.3 is 0 Å². The van der Waals surface area contributed by atoms with Crippen molar-refractivity contribution in [2.75, 3.05) is 0 Å². The molecule has 0 fully saturated rings. The van der Waals surface area contributed by atoms with Crippen LogP contribution >= 0.6 is 0 Å². The van der Waals surface area contributed by atoms with Crippen LogP contribution in [0.1, 0.15) is 56.8 Å². The number of carbonyl (C=O) groups is 1. The molecule has 1 N–H and O–H groups in total. The van der Waals surface area contributed by atoms with E-state index in [9.17, 15) is 9.90 Å². The minimum absolute atomic E-state index is 0.127. The predicted octanol–water partition coefficient (Wildman–Crippen LogP) is 9.33. The second-order valence-corrected chi connectivity index (χ2v) is 17.8. The van der Waals surface area contributed by atoms with Crippen LogP contribution in [0.25, 0.3) is 11.2 Å². The van der Waals surface area contributed by atoms with Gasteiger partial charge in [-0.3, -0.25) is 0 Å². The number of hydrogen-bond acceptors (Lipinski definition) is 4. The van der Waals surface area contributed by atoms with Crippen molar-refractivity contribution in [3.63, 3.8) is 0 Å². The number of aromatic nitrogens is 4. The Morgan fingerprint density at radius 3 is 1.31 bits per heavy atom. The number of benzene rings is 7. The number of pyridine rings is 1. The third-order valence-corrected chi connectivity index (χ3v) is 14.9. The van der Waals surface area contributed by atoms with Gasteiger partial charge in [0.15, 0.2) is 0 Å². The Morgan fingerprint density at radius 1 is 0.542 bits per heavy atom. The van der Waals surface area contributed by atoms with Gasteiger partial charge in [0.25, 0.3) is 0 Å². The van der Waals surface area contributed by atoms with Crippen molar-refractivity contribution in [2.24, 2.45) is 0 Å². The molecule has 0 radical (unpaired) electrons. The van der Waals surface area contributed by atoms with Crippen molar-refractivity contribution in [3.8, 4) is 0 Å². The summed E-state index contributed by atoms with van der Waals surface area (Å²) in [5.41, 5.74) is 8.35. The Labute approximate surface area is 350 Å². The van der Waals surface area contributed by atoms with Crippen LogP contribution in [0.3, 0.4) is 0 Å². The first-order valence-corrected chi connectivity index (χ1v) is 21.8. The normalized spacial score (nSPS) is 12.5. The summed E-state index contributed by atoms with van der Waals surface area (Å²) in [6.07, 6.45) is -0.127. The molecule has 7 heteroatoms. The molecule has 7 aromatic carbocycles. The van der Waals surface area contributed by atoms with E-state index in [2.05, 4.69) is 170 Å². The van der Waals surface area contributed by atoms with Gasteiger partial charge in [-0.2, -0.15) is 0 Å². The molecule has 6 nitrogen and oxygen atoms in total. The van der Waals surface area contributed by atoms with Crippen LogP contribution in [-0.4, -0.2) is 46.8 Å². The van der Waals surface area contributed by atoms with E-state index in [0.717, 1.165) is 32.3 Å². The van der Waals surface area contributed by atoms with Crippen LogP contribution in [0, 0.1) is 0 Å². The SMILES string of the molecule is O=C(O)CC(c1ccccc1)c1cc([AsH]C(c2ccccc2)(c2ccccc2)c2ccccc2)nc2c1nnn2C(c1ccccc1)(c1ccccc1)c1ccccc1. The molecule has 0 aliphatic rings. The molecule has 286 valence electrons. The number of fused-ring (bicyclic) bond motifs is 1. The molecule has 0 saturated carbocycles. The van der Waals surface area contributed by atoms with Crippen molar-refractivity contribution < 1.29 is 9.90 Å². The Morgan fingerprint density at radius 2 is 0.915 bits per heavy atom. The first kappa shape index (κ1) is 37.7. The fraction of sp³-hybridized carbons (Fsp3) is 0.0769. The van der Waals surface area contributed by atoms with Crippen LogP contribution in [0.15, 0.2) is 218 Å². The van der Waals surface area contributed by atoms with E-state index in [4.69, 9.17) is 15.3 Å². The van der Waals surface area contributed by atoms with E-state index in [0.29, 0.717) is 11.2 Å². The molecule has 9 aromatic rings. The van der Waals surface area contributed by atoms with Crippen LogP contribution in [0.5, 0.6) is 0 Å². The Balaban J connectivity index is 1.40. The molecule has 0 spiro atoms. The maximum atomic E-state index is 12.8. The third-order valence-electron chi connectivity index (χ3n) is 11.2. The number of hydrogen-bond donors (Lipinski definition) is 1. The predicted molar refractivity (Wildman–Crippen MR) is 236 cm³/mol. The molecule has 0 aliphatic heterocycles. The first-order valence-electron chi connectivity index (χ1n) is 19.7. The van der Waals surface area contributed by atoms with Gasteiger partial charge >= 0.3 is 352 Å². The van der Waals surface area contributed by atoms with Gasteiger partial charge in [-0.25, -0.2) is 0 Å². The standard InChI is InChI=1S/C52H41AsN4O2/c58-48(59)37-45(38-22-8-1-9-23-38)46-36-47(53-51(39-24-10-2-11-25-39,40-26-12-3-13-27-40)41-28-14-4-15-29-41)54-50-49(46)55-56-57(50)52(42-30-16-5-17-31-42,43-32-18-6-19-33-43)44-34-20-7-21-35-44/h1-36,45,53H,37H2,(H,58,59). The fourth-order valence-electron chi connectivity index (χ4n) is 8.63. The van der Waals surface area contributed by atoms with Gasteiger partial charge in [-0.15, -0.1) is 0 Å². The molecule has 0 amide bonds. The maximum absolute atomic E-state index is 12.8. The third kappa shape index (κ3) is 6.96. The molecule has 2 unspecified atom stereocenters. The van der Waals surface area contributed by atoms with E-state index in [1.807, 2.05) is 53.2 Å². The van der Waals surface area contributed by atoms with Crippen LogP contribution in [-0.2, 0) is 14.5 Å². The topological polar surface area (TPSA) is 80.9 Å². The summed E-state index contributed by atoms with van der Waals surface area (Å²) >= 11 is -1.31. The molecule has 2 atom stereocenters. The van der Waals surface area contributed by atoms with E-state index in [1.165, 1.54) is 16.7 Å². The van der Waals surface area contributed by atoms with Crippen molar-refractivity contribution in [1.82, 2.24) is 20.0 Å². The molecule has 0 aliphatic carbocycles. The Bertz CT molecular complexity index is 2590. The van der Waals surface area contributed by atoms with Crippen molar-refractivity contribution in [1.29, 1.82) is 0 Å². The summed E-state index contributed by atoms with van der Waals surface area (Å²) in [4.78, 5) is 18.5. The van der Waals surface area contributed by atoms with Crippen molar-refractivity contribution in [2.45, 2.75) is 22.1 Å². The summed E-state index contributed by atoms with van der Waals surface area (Å²) in [5, 5.41) is 20.6. The summed E-state index contributed by atoms with van der Waals surface area (Å²) in [6.45, 7) is 0. The number of aliphatic carboxylic acids is 1. The number of nitrogens with zero attached hydrogens (tertiary/aromatic N) is 4. The number of carboxylic acid groups (broad SMARTS) is 1. The molecule has 2 heterocycles. The summed E-state index contributed by atoms with van der Waals surface area (Å²) in [7, 11) is 0. The molecule has 0 bridgehead atoms. The zero-order valence-electron chi connectivity index (χ0n) is 32.2. The van der Waals surface area contributed by atoms with Gasteiger partial charge in [0.2, 0.25) is 0 Å². The van der Waals surface area contributed by atoms with Gasteiger partial charge in [0.05, 0.1) is 0 Å². The first-order chi connectivity index (χ1) is 29.1. The zero-order chi connectivity index (χ0) is 40.1. The minimum atomic E-state index is -1.31. The zero-order valence-corrected chi connectivity index (χ0v) is 34.3. The number of carboxylic acids is 1. The van der Waals surface area contributed by atoms with E-state index < -0.39 is 37.4 Å². The van der Waals surface area contributed by atoms with E-state index in [-0.39, 0.29) is 6.42 Å². The fourth-order valence-corrected chi connectivity index (χ4v) is 12.2. The molecular formula is C52H41AsN4O2. The average Bonchev–Trinajstić information content (AvgIpc) is 3.74. The quantitative estimate of drug-likeness (QED) is 0.0927. The summed E-state index contributed by atoms with van der Waals surface area (Å²) in [6, 6.07) is 75.4. The summed E-state index contributed by atoms with van der Waals surface area (Å²) < 4.78 is 2.34.